The normalized spacial score (nSPS) is 11.4. The lowest BCUT2D eigenvalue weighted by molar-refractivity contribution is -0.141. The van der Waals surface area contributed by atoms with Gasteiger partial charge in [-0.1, -0.05) is 24.3 Å². The maximum Gasteiger partial charge on any atom is 0.326 e. The number of anilines is 1. The Bertz CT molecular complexity index is 737. The molecule has 1 amide bonds. The van der Waals surface area contributed by atoms with Gasteiger partial charge in [0, 0.05) is 11.8 Å². The lowest BCUT2D eigenvalue weighted by Crippen LogP contribution is -2.43. The monoisotopic (exact) mass is 371 g/mol. The quantitative estimate of drug-likeness (QED) is 0.452. The van der Waals surface area contributed by atoms with E-state index in [4.69, 9.17) is 10.5 Å². The van der Waals surface area contributed by atoms with E-state index in [0.29, 0.717) is 36.6 Å². The Hall–Kier alpha value is -3.06. The Labute approximate surface area is 158 Å². The van der Waals surface area contributed by atoms with E-state index in [9.17, 15) is 14.7 Å². The van der Waals surface area contributed by atoms with Crippen molar-refractivity contribution in [2.45, 2.75) is 25.3 Å². The number of nitrogens with one attached hydrogen (secondary N) is 2. The Balaban J connectivity index is 1.85. The van der Waals surface area contributed by atoms with Crippen LogP contribution in [-0.4, -0.2) is 36.1 Å². The molecule has 2 aromatic rings. The third-order valence-corrected chi connectivity index (χ3v) is 3.85. The molecule has 2 rings (SSSR count). The first-order valence-corrected chi connectivity index (χ1v) is 8.87. The minimum Gasteiger partial charge on any atom is -0.480 e. The summed E-state index contributed by atoms with van der Waals surface area (Å²) in [6.45, 7) is 0.471. The fraction of sp³-hybridized carbons (Fsp3) is 0.300. The molecule has 0 saturated carbocycles. The molecule has 0 unspecified atom stereocenters. The molecule has 1 atom stereocenters. The molecule has 7 heteroatoms. The number of carboxylic acid groups (broad SMARTS) is 1. The Morgan fingerprint density at radius 3 is 2.48 bits per heavy atom. The highest BCUT2D eigenvalue weighted by Gasteiger charge is 2.19. The summed E-state index contributed by atoms with van der Waals surface area (Å²) in [5, 5.41) is 14.7. The van der Waals surface area contributed by atoms with E-state index in [2.05, 4.69) is 10.6 Å². The summed E-state index contributed by atoms with van der Waals surface area (Å²) >= 11 is 0. The van der Waals surface area contributed by atoms with Crippen molar-refractivity contribution >= 4 is 17.6 Å². The Morgan fingerprint density at radius 2 is 1.78 bits per heavy atom. The molecule has 0 aliphatic carbocycles. The standard InChI is InChI=1S/C20H25N3O4/c21-12-5-4-11-18(20(25)26)23-19(24)14-22-15-7-6-10-17(13-15)27-16-8-2-1-3-9-16/h1-3,6-10,13,18,22H,4-5,11-12,14,21H2,(H,23,24)(H,25,26)/t18-/m0/s1. The van der Waals surface area contributed by atoms with Crippen LogP contribution >= 0.6 is 0 Å². The van der Waals surface area contributed by atoms with Gasteiger partial charge in [-0.15, -0.1) is 0 Å². The van der Waals surface area contributed by atoms with Gasteiger partial charge in [-0.3, -0.25) is 4.79 Å². The van der Waals surface area contributed by atoms with Crippen molar-refractivity contribution in [1.82, 2.24) is 5.32 Å². The maximum atomic E-state index is 12.0. The van der Waals surface area contributed by atoms with E-state index >= 15 is 0 Å². The molecule has 0 saturated heterocycles. The number of aliphatic carboxylic acids is 1. The first-order valence-electron chi connectivity index (χ1n) is 8.87. The van der Waals surface area contributed by atoms with Crippen molar-refractivity contribution in [2.24, 2.45) is 5.73 Å². The molecule has 2 aromatic carbocycles. The number of ether oxygens (including phenoxy) is 1. The molecule has 0 bridgehead atoms. The number of carboxylic acids is 1. The zero-order chi connectivity index (χ0) is 19.5. The van der Waals surface area contributed by atoms with Crippen LogP contribution in [0.3, 0.4) is 0 Å². The van der Waals surface area contributed by atoms with Crippen LogP contribution < -0.4 is 21.1 Å². The molecular weight excluding hydrogens is 346 g/mol. The number of carbonyl (C=O) groups is 2. The summed E-state index contributed by atoms with van der Waals surface area (Å²) in [4.78, 5) is 23.3. The zero-order valence-electron chi connectivity index (χ0n) is 15.1. The Kier molecular flexibility index (Phi) is 8.12. The molecule has 0 aromatic heterocycles. The summed E-state index contributed by atoms with van der Waals surface area (Å²) in [5.41, 5.74) is 6.11. The summed E-state index contributed by atoms with van der Waals surface area (Å²) in [5.74, 6) is -0.0749. The number of unbranched alkanes of at least 4 members (excludes halogenated alkanes) is 1. The van der Waals surface area contributed by atoms with E-state index in [0.717, 1.165) is 6.42 Å². The van der Waals surface area contributed by atoms with Crippen molar-refractivity contribution in [3.63, 3.8) is 0 Å². The van der Waals surface area contributed by atoms with Crippen molar-refractivity contribution in [3.8, 4) is 11.5 Å². The van der Waals surface area contributed by atoms with Gasteiger partial charge in [-0.2, -0.15) is 0 Å². The fourth-order valence-electron chi connectivity index (χ4n) is 2.47. The number of benzene rings is 2. The van der Waals surface area contributed by atoms with E-state index in [-0.39, 0.29) is 12.5 Å². The third kappa shape index (κ3) is 7.37. The first kappa shape index (κ1) is 20.3. The smallest absolute Gasteiger partial charge is 0.326 e. The first-order chi connectivity index (χ1) is 13.1. The van der Waals surface area contributed by atoms with Crippen LogP contribution in [0, 0.1) is 0 Å². The summed E-state index contributed by atoms with van der Waals surface area (Å²) in [7, 11) is 0. The second kappa shape index (κ2) is 10.8. The van der Waals surface area contributed by atoms with Gasteiger partial charge in [0.05, 0.1) is 6.54 Å². The molecule has 5 N–H and O–H groups in total. The van der Waals surface area contributed by atoms with Crippen molar-refractivity contribution in [2.75, 3.05) is 18.4 Å². The second-order valence-electron chi connectivity index (χ2n) is 6.04. The molecule has 0 aliphatic rings. The Morgan fingerprint density at radius 1 is 1.04 bits per heavy atom. The van der Waals surface area contributed by atoms with Crippen LogP contribution in [0.4, 0.5) is 5.69 Å². The van der Waals surface area contributed by atoms with E-state index in [1.165, 1.54) is 0 Å². The number of carbonyl (C=O) groups excluding carboxylic acids is 1. The topological polar surface area (TPSA) is 114 Å². The largest absolute Gasteiger partial charge is 0.480 e. The van der Waals surface area contributed by atoms with Crippen molar-refractivity contribution in [1.29, 1.82) is 0 Å². The highest BCUT2D eigenvalue weighted by atomic mass is 16.5. The van der Waals surface area contributed by atoms with Crippen LogP contribution in [0.2, 0.25) is 0 Å². The third-order valence-electron chi connectivity index (χ3n) is 3.85. The lowest BCUT2D eigenvalue weighted by atomic mass is 10.1. The molecule has 0 heterocycles. The van der Waals surface area contributed by atoms with Crippen molar-refractivity contribution in [3.05, 3.63) is 54.6 Å². The molecule has 144 valence electrons. The number of amides is 1. The van der Waals surface area contributed by atoms with Crippen LogP contribution in [0.5, 0.6) is 11.5 Å². The van der Waals surface area contributed by atoms with Crippen molar-refractivity contribution < 1.29 is 19.4 Å². The molecular formula is C20H25N3O4. The van der Waals surface area contributed by atoms with Gasteiger partial charge >= 0.3 is 5.97 Å². The SMILES string of the molecule is NCCCC[C@H](NC(=O)CNc1cccc(Oc2ccccc2)c1)C(=O)O. The van der Waals surface area contributed by atoms with E-state index in [1.54, 1.807) is 12.1 Å². The van der Waals surface area contributed by atoms with E-state index in [1.807, 2.05) is 42.5 Å². The maximum absolute atomic E-state index is 12.0. The predicted molar refractivity (Wildman–Crippen MR) is 104 cm³/mol. The minimum absolute atomic E-state index is 0.0323. The zero-order valence-corrected chi connectivity index (χ0v) is 15.1. The van der Waals surface area contributed by atoms with Gasteiger partial charge in [-0.05, 0) is 50.1 Å². The van der Waals surface area contributed by atoms with Gasteiger partial charge in [0.25, 0.3) is 0 Å². The molecule has 0 aliphatic heterocycles. The number of rotatable bonds is 11. The molecule has 0 fully saturated rings. The number of para-hydroxylation sites is 1. The van der Waals surface area contributed by atoms with E-state index < -0.39 is 12.0 Å². The van der Waals surface area contributed by atoms with Crippen LogP contribution in [0.25, 0.3) is 0 Å². The highest BCUT2D eigenvalue weighted by Crippen LogP contribution is 2.23. The molecule has 0 spiro atoms. The summed E-state index contributed by atoms with van der Waals surface area (Å²) in [6.07, 6.45) is 1.74. The second-order valence-corrected chi connectivity index (χ2v) is 6.04. The average Bonchev–Trinajstić information content (AvgIpc) is 2.67. The predicted octanol–water partition coefficient (Wildman–Crippen LogP) is 2.59. The van der Waals surface area contributed by atoms with Gasteiger partial charge in [0.2, 0.25) is 5.91 Å². The van der Waals surface area contributed by atoms with Gasteiger partial charge in [0.15, 0.2) is 0 Å². The van der Waals surface area contributed by atoms with Crippen LogP contribution in [-0.2, 0) is 9.59 Å². The minimum atomic E-state index is -1.04. The number of nitrogens with two attached hydrogens (primary N) is 1. The van der Waals surface area contributed by atoms with Gasteiger partial charge in [0.1, 0.15) is 17.5 Å². The van der Waals surface area contributed by atoms with Gasteiger partial charge < -0.3 is 26.2 Å². The number of hydrogen-bond acceptors (Lipinski definition) is 5. The molecule has 0 radical (unpaired) electrons. The summed E-state index contributed by atoms with van der Waals surface area (Å²) in [6, 6.07) is 15.7. The van der Waals surface area contributed by atoms with Crippen LogP contribution in [0.15, 0.2) is 54.6 Å². The molecule has 7 nitrogen and oxygen atoms in total. The fourth-order valence-corrected chi connectivity index (χ4v) is 2.47. The lowest BCUT2D eigenvalue weighted by Gasteiger charge is -2.15. The van der Waals surface area contributed by atoms with Gasteiger partial charge in [-0.25, -0.2) is 4.79 Å². The highest BCUT2D eigenvalue weighted by molar-refractivity contribution is 5.86. The van der Waals surface area contributed by atoms with Crippen LogP contribution in [0.1, 0.15) is 19.3 Å². The average molecular weight is 371 g/mol. The summed E-state index contributed by atoms with van der Waals surface area (Å²) < 4.78 is 5.75. The molecule has 27 heavy (non-hydrogen) atoms. The number of hydrogen-bond donors (Lipinski definition) is 4.